The number of hydrogen-bond acceptors (Lipinski definition) is 3. The van der Waals surface area contributed by atoms with Crippen LogP contribution < -0.4 is 5.32 Å². The molecule has 118 valence electrons. The van der Waals surface area contributed by atoms with Crippen molar-refractivity contribution < 1.29 is 9.53 Å². The van der Waals surface area contributed by atoms with E-state index in [-0.39, 0.29) is 11.9 Å². The van der Waals surface area contributed by atoms with Gasteiger partial charge in [0.05, 0.1) is 18.8 Å². The molecule has 0 saturated carbocycles. The number of nitrogens with one attached hydrogen (secondary N) is 1. The zero-order chi connectivity index (χ0) is 15.9. The molecule has 6 heteroatoms. The van der Waals surface area contributed by atoms with Crippen LogP contribution in [0.15, 0.2) is 36.7 Å². The Hall–Kier alpha value is -1.85. The van der Waals surface area contributed by atoms with Crippen LogP contribution in [-0.2, 0) is 23.0 Å². The lowest BCUT2D eigenvalue weighted by atomic mass is 10.1. The number of aromatic nitrogens is 2. The number of carbonyl (C=O) groups is 1. The molecule has 1 heterocycles. The minimum Gasteiger partial charge on any atom is -0.382 e. The van der Waals surface area contributed by atoms with Gasteiger partial charge >= 0.3 is 0 Å². The highest BCUT2D eigenvalue weighted by molar-refractivity contribution is 6.30. The number of nitrogens with zero attached hydrogens (tertiary/aromatic N) is 2. The second kappa shape index (κ2) is 7.96. The molecule has 22 heavy (non-hydrogen) atoms. The SMILES string of the molecule is COC[C@@H](NC(=O)CCc1cnn(C)c1)c1ccc(Cl)cc1. The Morgan fingerprint density at radius 2 is 2.14 bits per heavy atom. The summed E-state index contributed by atoms with van der Waals surface area (Å²) in [5, 5.41) is 7.76. The van der Waals surface area contributed by atoms with Gasteiger partial charge in [0.15, 0.2) is 0 Å². The van der Waals surface area contributed by atoms with E-state index in [0.29, 0.717) is 24.5 Å². The molecule has 5 nitrogen and oxygen atoms in total. The highest BCUT2D eigenvalue weighted by atomic mass is 35.5. The van der Waals surface area contributed by atoms with Gasteiger partial charge in [0.25, 0.3) is 0 Å². The molecule has 0 fully saturated rings. The smallest absolute Gasteiger partial charge is 0.220 e. The molecule has 0 unspecified atom stereocenters. The van der Waals surface area contributed by atoms with E-state index in [9.17, 15) is 4.79 Å². The van der Waals surface area contributed by atoms with Gasteiger partial charge < -0.3 is 10.1 Å². The number of aryl methyl sites for hydroxylation is 2. The molecule has 2 rings (SSSR count). The van der Waals surface area contributed by atoms with Crippen molar-refractivity contribution in [2.75, 3.05) is 13.7 Å². The lowest BCUT2D eigenvalue weighted by Crippen LogP contribution is -2.31. The average molecular weight is 322 g/mol. The molecule has 1 atom stereocenters. The molecule has 0 bridgehead atoms. The second-order valence-corrected chi connectivity index (χ2v) is 5.59. The molecule has 1 amide bonds. The molecule has 2 aromatic rings. The van der Waals surface area contributed by atoms with E-state index in [1.54, 1.807) is 30.1 Å². The highest BCUT2D eigenvalue weighted by Gasteiger charge is 2.14. The summed E-state index contributed by atoms with van der Waals surface area (Å²) in [5.74, 6) is -0.0131. The Bertz CT molecular complexity index is 610. The zero-order valence-corrected chi connectivity index (χ0v) is 13.5. The van der Waals surface area contributed by atoms with Crippen LogP contribution in [0.25, 0.3) is 0 Å². The van der Waals surface area contributed by atoms with Crippen LogP contribution in [-0.4, -0.2) is 29.4 Å². The fraction of sp³-hybridized carbons (Fsp3) is 0.375. The van der Waals surface area contributed by atoms with Crippen molar-refractivity contribution in [3.8, 4) is 0 Å². The lowest BCUT2D eigenvalue weighted by Gasteiger charge is -2.18. The van der Waals surface area contributed by atoms with Crippen molar-refractivity contribution >= 4 is 17.5 Å². The van der Waals surface area contributed by atoms with Crippen LogP contribution in [0.3, 0.4) is 0 Å². The number of ether oxygens (including phenoxy) is 1. The molecular formula is C16H20ClN3O2. The first-order chi connectivity index (χ1) is 10.6. The number of halogens is 1. The maximum atomic E-state index is 12.1. The Kier molecular flexibility index (Phi) is 5.98. The van der Waals surface area contributed by atoms with Crippen molar-refractivity contribution in [2.24, 2.45) is 7.05 Å². The van der Waals surface area contributed by atoms with E-state index in [1.165, 1.54) is 0 Å². The summed E-state index contributed by atoms with van der Waals surface area (Å²) < 4.78 is 6.93. The van der Waals surface area contributed by atoms with Gasteiger partial charge in [-0.1, -0.05) is 23.7 Å². The molecule has 0 saturated heterocycles. The normalized spacial score (nSPS) is 12.1. The number of methoxy groups -OCH3 is 1. The molecule has 1 N–H and O–H groups in total. The van der Waals surface area contributed by atoms with Gasteiger partial charge in [-0.05, 0) is 29.7 Å². The van der Waals surface area contributed by atoms with Crippen LogP contribution in [0.5, 0.6) is 0 Å². The van der Waals surface area contributed by atoms with Gasteiger partial charge in [-0.3, -0.25) is 9.48 Å². The van der Waals surface area contributed by atoms with E-state index in [2.05, 4.69) is 10.4 Å². The predicted octanol–water partition coefficient (Wildman–Crippen LogP) is 2.51. The van der Waals surface area contributed by atoms with E-state index in [1.807, 2.05) is 25.4 Å². The first-order valence-electron chi connectivity index (χ1n) is 7.10. The predicted molar refractivity (Wildman–Crippen MR) is 85.7 cm³/mol. The molecule has 0 aliphatic heterocycles. The summed E-state index contributed by atoms with van der Waals surface area (Å²) in [5.41, 5.74) is 2.02. The Morgan fingerprint density at radius 1 is 1.41 bits per heavy atom. The maximum absolute atomic E-state index is 12.1. The number of amides is 1. The average Bonchev–Trinajstić information content (AvgIpc) is 2.91. The topological polar surface area (TPSA) is 56.1 Å². The van der Waals surface area contributed by atoms with Crippen LogP contribution in [0.4, 0.5) is 0 Å². The van der Waals surface area contributed by atoms with Gasteiger partial charge in [0.1, 0.15) is 0 Å². The minimum atomic E-state index is -0.177. The maximum Gasteiger partial charge on any atom is 0.220 e. The number of carbonyl (C=O) groups excluding carboxylic acids is 1. The molecular weight excluding hydrogens is 302 g/mol. The molecule has 1 aromatic carbocycles. The lowest BCUT2D eigenvalue weighted by molar-refractivity contribution is -0.122. The first-order valence-corrected chi connectivity index (χ1v) is 7.47. The quantitative estimate of drug-likeness (QED) is 0.852. The summed E-state index contributed by atoms with van der Waals surface area (Å²) in [6.07, 6.45) is 4.78. The summed E-state index contributed by atoms with van der Waals surface area (Å²) in [6, 6.07) is 7.23. The fourth-order valence-electron chi connectivity index (χ4n) is 2.21. The van der Waals surface area contributed by atoms with Crippen molar-refractivity contribution in [1.82, 2.24) is 15.1 Å². The van der Waals surface area contributed by atoms with Crippen molar-refractivity contribution in [3.05, 3.63) is 52.8 Å². The standard InChI is InChI=1S/C16H20ClN3O2/c1-20-10-12(9-18-20)3-8-16(21)19-15(11-22-2)13-4-6-14(17)7-5-13/h4-7,9-10,15H,3,8,11H2,1-2H3,(H,19,21)/t15-/m1/s1. The van der Waals surface area contributed by atoms with E-state index >= 15 is 0 Å². The molecule has 1 aromatic heterocycles. The first kappa shape index (κ1) is 16.5. The molecule has 0 spiro atoms. The van der Waals surface area contributed by atoms with Crippen LogP contribution in [0.1, 0.15) is 23.6 Å². The number of hydrogen-bond donors (Lipinski definition) is 1. The summed E-state index contributed by atoms with van der Waals surface area (Å²) >= 11 is 5.89. The van der Waals surface area contributed by atoms with E-state index in [0.717, 1.165) is 11.1 Å². The van der Waals surface area contributed by atoms with Gasteiger partial charge in [0, 0.05) is 31.8 Å². The van der Waals surface area contributed by atoms with Crippen LogP contribution >= 0.6 is 11.6 Å². The van der Waals surface area contributed by atoms with Gasteiger partial charge in [-0.25, -0.2) is 0 Å². The third kappa shape index (κ3) is 4.86. The summed E-state index contributed by atoms with van der Waals surface area (Å²) in [6.45, 7) is 0.417. The van der Waals surface area contributed by atoms with Crippen molar-refractivity contribution in [2.45, 2.75) is 18.9 Å². The molecule has 0 radical (unpaired) electrons. The van der Waals surface area contributed by atoms with Gasteiger partial charge in [0.2, 0.25) is 5.91 Å². The Balaban J connectivity index is 1.92. The second-order valence-electron chi connectivity index (χ2n) is 5.15. The highest BCUT2D eigenvalue weighted by Crippen LogP contribution is 2.17. The van der Waals surface area contributed by atoms with E-state index in [4.69, 9.17) is 16.3 Å². The third-order valence-electron chi connectivity index (χ3n) is 3.34. The third-order valence-corrected chi connectivity index (χ3v) is 3.59. The monoisotopic (exact) mass is 321 g/mol. The van der Waals surface area contributed by atoms with Gasteiger partial charge in [-0.2, -0.15) is 5.10 Å². The number of rotatable bonds is 7. The largest absolute Gasteiger partial charge is 0.382 e. The van der Waals surface area contributed by atoms with Crippen LogP contribution in [0.2, 0.25) is 5.02 Å². The summed E-state index contributed by atoms with van der Waals surface area (Å²) in [7, 11) is 3.48. The minimum absolute atomic E-state index is 0.0131. The molecule has 0 aliphatic carbocycles. The van der Waals surface area contributed by atoms with Crippen molar-refractivity contribution in [1.29, 1.82) is 0 Å². The van der Waals surface area contributed by atoms with Crippen molar-refractivity contribution in [3.63, 3.8) is 0 Å². The Morgan fingerprint density at radius 3 is 2.73 bits per heavy atom. The van der Waals surface area contributed by atoms with E-state index < -0.39 is 0 Å². The zero-order valence-electron chi connectivity index (χ0n) is 12.8. The number of benzene rings is 1. The van der Waals surface area contributed by atoms with Gasteiger partial charge in [-0.15, -0.1) is 0 Å². The fourth-order valence-corrected chi connectivity index (χ4v) is 2.33. The van der Waals surface area contributed by atoms with Crippen LogP contribution in [0, 0.1) is 0 Å². The molecule has 0 aliphatic rings. The summed E-state index contributed by atoms with van der Waals surface area (Å²) in [4.78, 5) is 12.1. The Labute approximate surface area is 135 Å².